The molecule has 0 radical (unpaired) electrons. The van der Waals surface area contributed by atoms with Gasteiger partial charge in [-0.25, -0.2) is 0 Å². The summed E-state index contributed by atoms with van der Waals surface area (Å²) in [6.45, 7) is 6.26. The molecule has 1 unspecified atom stereocenters. The van der Waals surface area contributed by atoms with Crippen LogP contribution in [0, 0.1) is 0 Å². The van der Waals surface area contributed by atoms with Crippen LogP contribution in [0.5, 0.6) is 0 Å². The van der Waals surface area contributed by atoms with Crippen molar-refractivity contribution in [3.05, 3.63) is 24.3 Å². The molecule has 78 valence electrons. The van der Waals surface area contributed by atoms with Gasteiger partial charge in [0.25, 0.3) is 0 Å². The zero-order valence-corrected chi connectivity index (χ0v) is 9.94. The van der Waals surface area contributed by atoms with Gasteiger partial charge in [0.15, 0.2) is 0 Å². The van der Waals surface area contributed by atoms with E-state index in [1.807, 2.05) is 24.3 Å². The number of nitrogens with one attached hydrogen (secondary N) is 1. The largest absolute Gasteiger partial charge is 0.379 e. The fraction of sp³-hybridized carbons (Fsp3) is 0.455. The highest BCUT2D eigenvalue weighted by molar-refractivity contribution is 7.84. The molecule has 0 saturated carbocycles. The van der Waals surface area contributed by atoms with Crippen LogP contribution < -0.4 is 5.32 Å². The van der Waals surface area contributed by atoms with Gasteiger partial charge in [-0.1, -0.05) is 12.1 Å². The molecule has 1 N–H and O–H groups in total. The molecule has 0 amide bonds. The Morgan fingerprint density at radius 2 is 1.79 bits per heavy atom. The predicted molar refractivity (Wildman–Crippen MR) is 62.2 cm³/mol. The monoisotopic (exact) mass is 211 g/mol. The van der Waals surface area contributed by atoms with Crippen LogP contribution in [0.1, 0.15) is 20.8 Å². The second kappa shape index (κ2) is 4.13. The van der Waals surface area contributed by atoms with Gasteiger partial charge >= 0.3 is 0 Å². The highest BCUT2D eigenvalue weighted by Gasteiger charge is 2.12. The van der Waals surface area contributed by atoms with Gasteiger partial charge in [-0.15, -0.1) is 0 Å². The summed E-state index contributed by atoms with van der Waals surface area (Å²) in [6.07, 6.45) is 1.70. The average Bonchev–Trinajstić information content (AvgIpc) is 2.01. The van der Waals surface area contributed by atoms with Crippen LogP contribution in [0.3, 0.4) is 0 Å². The molecule has 0 aliphatic carbocycles. The van der Waals surface area contributed by atoms with Crippen LogP contribution in [0.25, 0.3) is 0 Å². The van der Waals surface area contributed by atoms with Crippen molar-refractivity contribution < 1.29 is 4.21 Å². The smallest absolute Gasteiger partial charge is 0.0616 e. The van der Waals surface area contributed by atoms with Gasteiger partial charge < -0.3 is 5.32 Å². The van der Waals surface area contributed by atoms with Crippen LogP contribution in [0.4, 0.5) is 5.69 Å². The Balaban J connectivity index is 3.02. The lowest BCUT2D eigenvalue weighted by Crippen LogP contribution is -2.26. The highest BCUT2D eigenvalue weighted by Crippen LogP contribution is 2.21. The third-order valence-corrected chi connectivity index (χ3v) is 2.68. The number of para-hydroxylation sites is 1. The summed E-state index contributed by atoms with van der Waals surface area (Å²) in [5.74, 6) is 0. The molecule has 2 nitrogen and oxygen atoms in total. The van der Waals surface area contributed by atoms with Crippen molar-refractivity contribution in [3.8, 4) is 0 Å². The lowest BCUT2D eigenvalue weighted by molar-refractivity contribution is 0.631. The van der Waals surface area contributed by atoms with Crippen LogP contribution >= 0.6 is 0 Å². The van der Waals surface area contributed by atoms with Crippen LogP contribution in [-0.4, -0.2) is 16.0 Å². The number of benzene rings is 1. The molecule has 0 spiro atoms. The van der Waals surface area contributed by atoms with E-state index in [9.17, 15) is 4.21 Å². The molecule has 1 aromatic rings. The van der Waals surface area contributed by atoms with Gasteiger partial charge in [-0.05, 0) is 32.9 Å². The Hall–Kier alpha value is -0.830. The van der Waals surface area contributed by atoms with Crippen LogP contribution in [-0.2, 0) is 10.8 Å². The number of hydrogen-bond acceptors (Lipinski definition) is 2. The van der Waals surface area contributed by atoms with Crippen molar-refractivity contribution >= 4 is 16.5 Å². The van der Waals surface area contributed by atoms with Crippen molar-refractivity contribution in [2.24, 2.45) is 0 Å². The minimum atomic E-state index is -0.938. The topological polar surface area (TPSA) is 29.1 Å². The molecule has 0 fully saturated rings. The molecule has 0 aliphatic heterocycles. The van der Waals surface area contributed by atoms with Gasteiger partial charge in [0.1, 0.15) is 0 Å². The fourth-order valence-electron chi connectivity index (χ4n) is 1.22. The van der Waals surface area contributed by atoms with E-state index in [1.54, 1.807) is 6.26 Å². The van der Waals surface area contributed by atoms with Gasteiger partial charge in [0.05, 0.1) is 21.4 Å². The molecule has 0 aliphatic rings. The maximum Gasteiger partial charge on any atom is 0.0616 e. The lowest BCUT2D eigenvalue weighted by atomic mass is 10.1. The molecule has 1 atom stereocenters. The number of anilines is 1. The minimum absolute atomic E-state index is 0.00449. The molecule has 0 saturated heterocycles. The van der Waals surface area contributed by atoms with E-state index in [4.69, 9.17) is 0 Å². The number of hydrogen-bond donors (Lipinski definition) is 1. The van der Waals surface area contributed by atoms with Crippen molar-refractivity contribution in [2.45, 2.75) is 31.2 Å². The Labute approximate surface area is 88.2 Å². The van der Waals surface area contributed by atoms with Crippen molar-refractivity contribution in [2.75, 3.05) is 11.6 Å². The maximum absolute atomic E-state index is 11.4. The summed E-state index contributed by atoms with van der Waals surface area (Å²) in [6, 6.07) is 7.71. The molecule has 1 aromatic carbocycles. The summed E-state index contributed by atoms with van der Waals surface area (Å²) < 4.78 is 11.4. The van der Waals surface area contributed by atoms with E-state index in [1.165, 1.54) is 0 Å². The molecule has 0 aromatic heterocycles. The first-order chi connectivity index (χ1) is 6.40. The lowest BCUT2D eigenvalue weighted by Gasteiger charge is -2.23. The van der Waals surface area contributed by atoms with E-state index in [0.29, 0.717) is 0 Å². The fourth-order valence-corrected chi connectivity index (χ4v) is 1.92. The zero-order chi connectivity index (χ0) is 10.8. The summed E-state index contributed by atoms with van der Waals surface area (Å²) in [4.78, 5) is 0.863. The first-order valence-corrected chi connectivity index (χ1v) is 6.16. The third kappa shape index (κ3) is 3.14. The first kappa shape index (κ1) is 11.2. The average molecular weight is 211 g/mol. The van der Waals surface area contributed by atoms with Crippen molar-refractivity contribution in [1.29, 1.82) is 0 Å². The van der Waals surface area contributed by atoms with Gasteiger partial charge in [0.2, 0.25) is 0 Å². The Morgan fingerprint density at radius 1 is 1.21 bits per heavy atom. The minimum Gasteiger partial charge on any atom is -0.379 e. The second-order valence-electron chi connectivity index (χ2n) is 4.33. The van der Waals surface area contributed by atoms with E-state index in [0.717, 1.165) is 10.6 Å². The Kier molecular flexibility index (Phi) is 3.32. The summed E-state index contributed by atoms with van der Waals surface area (Å²) in [5, 5.41) is 3.34. The standard InChI is InChI=1S/C11H17NOS/c1-11(2,3)12-9-7-5-6-8-10(9)14(4)13/h5-8,12H,1-4H3. The molecular weight excluding hydrogens is 194 g/mol. The summed E-state index contributed by atoms with van der Waals surface area (Å²) >= 11 is 0. The van der Waals surface area contributed by atoms with E-state index in [2.05, 4.69) is 26.1 Å². The third-order valence-electron chi connectivity index (χ3n) is 1.71. The summed E-state index contributed by atoms with van der Waals surface area (Å²) in [5.41, 5.74) is 0.955. The predicted octanol–water partition coefficient (Wildman–Crippen LogP) is 2.63. The van der Waals surface area contributed by atoms with Gasteiger partial charge in [-0.3, -0.25) is 4.21 Å². The molecule has 14 heavy (non-hydrogen) atoms. The SMILES string of the molecule is CS(=O)c1ccccc1NC(C)(C)C. The first-order valence-electron chi connectivity index (χ1n) is 4.61. The van der Waals surface area contributed by atoms with Crippen LogP contribution in [0.15, 0.2) is 29.2 Å². The molecule has 0 heterocycles. The number of rotatable bonds is 2. The van der Waals surface area contributed by atoms with Crippen molar-refractivity contribution in [3.63, 3.8) is 0 Å². The van der Waals surface area contributed by atoms with Crippen molar-refractivity contribution in [1.82, 2.24) is 0 Å². The molecule has 0 bridgehead atoms. The quantitative estimate of drug-likeness (QED) is 0.814. The van der Waals surface area contributed by atoms with Gasteiger partial charge in [-0.2, -0.15) is 0 Å². The normalized spacial score (nSPS) is 13.7. The van der Waals surface area contributed by atoms with Gasteiger partial charge in [0, 0.05) is 11.8 Å². The second-order valence-corrected chi connectivity index (χ2v) is 5.67. The molecule has 3 heteroatoms. The van der Waals surface area contributed by atoms with E-state index < -0.39 is 10.8 Å². The van der Waals surface area contributed by atoms with E-state index in [-0.39, 0.29) is 5.54 Å². The Morgan fingerprint density at radius 3 is 2.29 bits per heavy atom. The maximum atomic E-state index is 11.4. The molecule has 1 rings (SSSR count). The Bertz CT molecular complexity index is 341. The van der Waals surface area contributed by atoms with Crippen LogP contribution in [0.2, 0.25) is 0 Å². The zero-order valence-electron chi connectivity index (χ0n) is 9.13. The van der Waals surface area contributed by atoms with E-state index >= 15 is 0 Å². The molecular formula is C11H17NOS. The summed E-state index contributed by atoms with van der Waals surface area (Å²) in [7, 11) is -0.938. The highest BCUT2D eigenvalue weighted by atomic mass is 32.2.